The number of carbonyl (C=O) groups is 1. The van der Waals surface area contributed by atoms with Crippen LogP contribution in [0.5, 0.6) is 0 Å². The minimum atomic E-state index is -8.47. The molecule has 0 atom stereocenters. The fourth-order valence-electron chi connectivity index (χ4n) is 3.71. The average Bonchev–Trinajstić information content (AvgIpc) is 2.80. The number of halogens is 15. The Morgan fingerprint density at radius 2 is 0.800 bits per heavy atom. The number of rotatable bonds is 16. The zero-order valence-corrected chi connectivity index (χ0v) is 22.0. The standard InChI is InChI=1S/C14H32N.C8HF15O2/c1-5-9-13-15(11-7-3,12-8-4)14-10-6-2;9-2(10,1(24)25)3(11,12)4(13,14)5(15,16)6(17,18)7(19,20)8(21,22)23/h5-14H2,1-4H3;(H,24,25)/q+1;. The summed E-state index contributed by atoms with van der Waals surface area (Å²) in [5.74, 6) is -52.8. The summed E-state index contributed by atoms with van der Waals surface area (Å²) in [7, 11) is 0. The molecule has 0 heterocycles. The second kappa shape index (κ2) is 14.0. The van der Waals surface area contributed by atoms with Crippen LogP contribution in [-0.2, 0) is 4.79 Å². The third kappa shape index (κ3) is 7.81. The lowest BCUT2D eigenvalue weighted by molar-refractivity contribution is -0.928. The van der Waals surface area contributed by atoms with Crippen LogP contribution in [0.4, 0.5) is 65.9 Å². The molecule has 3 nitrogen and oxygen atoms in total. The molecule has 0 aromatic carbocycles. The van der Waals surface area contributed by atoms with Crippen LogP contribution in [0.3, 0.4) is 0 Å². The molecule has 0 bridgehead atoms. The normalized spacial score (nSPS) is 14.6. The van der Waals surface area contributed by atoms with Gasteiger partial charge in [0, 0.05) is 0 Å². The molecule has 0 aliphatic carbocycles. The van der Waals surface area contributed by atoms with Crippen LogP contribution in [-0.4, -0.2) is 83.4 Å². The van der Waals surface area contributed by atoms with Gasteiger partial charge in [0.05, 0.1) is 26.2 Å². The van der Waals surface area contributed by atoms with Crippen molar-refractivity contribution in [2.24, 2.45) is 0 Å². The number of unbranched alkanes of at least 4 members (excludes halogenated alkanes) is 2. The minimum absolute atomic E-state index is 1.34. The molecular formula is C22H33F15NO2+. The van der Waals surface area contributed by atoms with Gasteiger partial charge in [-0.1, -0.05) is 40.5 Å². The molecule has 0 unspecified atom stereocenters. The van der Waals surface area contributed by atoms with Crippen molar-refractivity contribution >= 4 is 5.97 Å². The highest BCUT2D eigenvalue weighted by atomic mass is 19.4. The molecule has 0 spiro atoms. The van der Waals surface area contributed by atoms with Crippen LogP contribution in [0.25, 0.3) is 0 Å². The third-order valence-corrected chi connectivity index (χ3v) is 5.96. The van der Waals surface area contributed by atoms with Gasteiger partial charge >= 0.3 is 47.7 Å². The molecule has 0 amide bonds. The maximum atomic E-state index is 12.8. The summed E-state index contributed by atoms with van der Waals surface area (Å²) in [5, 5.41) is 7.57. The molecule has 0 aliphatic rings. The number of hydrogen-bond acceptors (Lipinski definition) is 1. The van der Waals surface area contributed by atoms with Crippen molar-refractivity contribution in [1.29, 1.82) is 0 Å². The average molecular weight is 628 g/mol. The summed E-state index contributed by atoms with van der Waals surface area (Å²) in [4.78, 5) is 9.72. The van der Waals surface area contributed by atoms with Gasteiger partial charge in [0.15, 0.2) is 0 Å². The fraction of sp³-hybridized carbons (Fsp3) is 0.955. The van der Waals surface area contributed by atoms with E-state index in [4.69, 9.17) is 5.11 Å². The number of hydrogen-bond donors (Lipinski definition) is 1. The van der Waals surface area contributed by atoms with Gasteiger partial charge in [-0.2, -0.15) is 65.9 Å². The van der Waals surface area contributed by atoms with Crippen molar-refractivity contribution in [1.82, 2.24) is 0 Å². The number of carboxylic acids is 1. The van der Waals surface area contributed by atoms with Gasteiger partial charge in [-0.05, 0) is 25.7 Å². The molecule has 0 aliphatic heterocycles. The predicted molar refractivity (Wildman–Crippen MR) is 113 cm³/mol. The van der Waals surface area contributed by atoms with Gasteiger partial charge in [-0.3, -0.25) is 0 Å². The number of aliphatic carboxylic acids is 1. The highest BCUT2D eigenvalue weighted by Crippen LogP contribution is 2.62. The van der Waals surface area contributed by atoms with Gasteiger partial charge in [-0.25, -0.2) is 4.79 Å². The maximum absolute atomic E-state index is 12.8. The van der Waals surface area contributed by atoms with E-state index >= 15 is 0 Å². The van der Waals surface area contributed by atoms with Gasteiger partial charge in [-0.15, -0.1) is 0 Å². The van der Waals surface area contributed by atoms with Crippen molar-refractivity contribution in [3.8, 4) is 0 Å². The molecule has 0 saturated carbocycles. The Hall–Kier alpha value is -1.62. The molecule has 242 valence electrons. The van der Waals surface area contributed by atoms with E-state index in [2.05, 4.69) is 27.7 Å². The summed E-state index contributed by atoms with van der Waals surface area (Å²) in [6.07, 6.45) is 0.494. The maximum Gasteiger partial charge on any atom is 0.460 e. The van der Waals surface area contributed by atoms with E-state index in [0.717, 1.165) is 0 Å². The number of alkyl halides is 15. The van der Waals surface area contributed by atoms with Crippen LogP contribution in [0.15, 0.2) is 0 Å². The summed E-state index contributed by atoms with van der Waals surface area (Å²) < 4.78 is 188. The van der Waals surface area contributed by atoms with Gasteiger partial charge in [0.1, 0.15) is 0 Å². The number of carboxylic acid groups (broad SMARTS) is 1. The second-order valence-electron chi connectivity index (χ2n) is 9.19. The van der Waals surface area contributed by atoms with E-state index in [1.165, 1.54) is 69.2 Å². The van der Waals surface area contributed by atoms with E-state index in [9.17, 15) is 70.7 Å². The molecule has 0 aromatic heterocycles. The van der Waals surface area contributed by atoms with Crippen LogP contribution in [0, 0.1) is 0 Å². The Bertz CT molecular complexity index is 767. The lowest BCUT2D eigenvalue weighted by atomic mass is 9.91. The topological polar surface area (TPSA) is 37.3 Å². The van der Waals surface area contributed by atoms with E-state index in [-0.39, 0.29) is 0 Å². The van der Waals surface area contributed by atoms with Gasteiger partial charge in [0.2, 0.25) is 0 Å². The molecule has 1 N–H and O–H groups in total. The first kappa shape index (κ1) is 40.5. The van der Waals surface area contributed by atoms with E-state index in [1.54, 1.807) is 0 Å². The first-order chi connectivity index (χ1) is 17.7. The third-order valence-electron chi connectivity index (χ3n) is 5.96. The lowest BCUT2D eigenvalue weighted by Gasteiger charge is -2.40. The summed E-state index contributed by atoms with van der Waals surface area (Å²) in [6.45, 7) is 14.9. The van der Waals surface area contributed by atoms with Gasteiger partial charge < -0.3 is 9.59 Å². The molecular weight excluding hydrogens is 595 g/mol. The Labute approximate surface area is 221 Å². The molecule has 0 radical (unpaired) electrons. The largest absolute Gasteiger partial charge is 0.477 e. The first-order valence-corrected chi connectivity index (χ1v) is 12.1. The van der Waals surface area contributed by atoms with Crippen molar-refractivity contribution in [3.63, 3.8) is 0 Å². The Morgan fingerprint density at radius 3 is 1.05 bits per heavy atom. The zero-order valence-electron chi connectivity index (χ0n) is 22.0. The fourth-order valence-corrected chi connectivity index (χ4v) is 3.71. The molecule has 0 fully saturated rings. The molecule has 0 saturated heterocycles. The van der Waals surface area contributed by atoms with Crippen molar-refractivity contribution in [2.45, 2.75) is 108 Å². The number of nitrogens with zero attached hydrogens (tertiary/aromatic N) is 1. The predicted octanol–water partition coefficient (Wildman–Crippen LogP) is 8.67. The van der Waals surface area contributed by atoms with E-state index in [1.807, 2.05) is 0 Å². The molecule has 18 heteroatoms. The van der Waals surface area contributed by atoms with Crippen LogP contribution >= 0.6 is 0 Å². The Kier molecular flexibility index (Phi) is 14.2. The minimum Gasteiger partial charge on any atom is -0.477 e. The highest BCUT2D eigenvalue weighted by molar-refractivity contribution is 5.77. The zero-order chi connectivity index (χ0) is 32.6. The van der Waals surface area contributed by atoms with Crippen LogP contribution in [0.1, 0.15) is 66.2 Å². The summed E-state index contributed by atoms with van der Waals surface area (Å²) in [6, 6.07) is 0. The summed E-state index contributed by atoms with van der Waals surface area (Å²) >= 11 is 0. The van der Waals surface area contributed by atoms with Crippen LogP contribution in [0.2, 0.25) is 0 Å². The smallest absolute Gasteiger partial charge is 0.460 e. The van der Waals surface area contributed by atoms with E-state index < -0.39 is 47.7 Å². The number of quaternary nitrogens is 1. The monoisotopic (exact) mass is 628 g/mol. The summed E-state index contributed by atoms with van der Waals surface area (Å²) in [5.41, 5.74) is 0. The highest BCUT2D eigenvalue weighted by Gasteiger charge is 2.94. The van der Waals surface area contributed by atoms with Crippen molar-refractivity contribution in [2.75, 3.05) is 26.2 Å². The first-order valence-electron chi connectivity index (χ1n) is 12.1. The van der Waals surface area contributed by atoms with Crippen molar-refractivity contribution < 1.29 is 80.2 Å². The van der Waals surface area contributed by atoms with Crippen molar-refractivity contribution in [3.05, 3.63) is 0 Å². The second-order valence-corrected chi connectivity index (χ2v) is 9.19. The van der Waals surface area contributed by atoms with E-state index in [0.29, 0.717) is 0 Å². The Morgan fingerprint density at radius 1 is 0.500 bits per heavy atom. The lowest BCUT2D eigenvalue weighted by Crippen LogP contribution is -2.73. The van der Waals surface area contributed by atoms with Crippen LogP contribution < -0.4 is 0 Å². The quantitative estimate of drug-likeness (QED) is 0.137. The molecule has 0 rings (SSSR count). The molecule has 40 heavy (non-hydrogen) atoms. The molecule has 0 aromatic rings. The SMILES string of the molecule is CCCC[N+](CCC)(CCC)CCCC.O=C(O)C(F)(F)C(F)(F)C(F)(F)C(F)(F)C(F)(F)C(F)(F)C(F)(F)F. The van der Waals surface area contributed by atoms with Gasteiger partial charge in [0.25, 0.3) is 0 Å². The Balaban J connectivity index is 0.